The number of hydrogen-bond donors (Lipinski definition) is 3. The molecule has 0 unspecified atom stereocenters. The van der Waals surface area contributed by atoms with Gasteiger partial charge in [-0.2, -0.15) is 4.68 Å². The van der Waals surface area contributed by atoms with E-state index in [9.17, 15) is 14.7 Å². The molecule has 3 aromatic carbocycles. The molecule has 0 aliphatic carbocycles. The van der Waals surface area contributed by atoms with Gasteiger partial charge in [-0.3, -0.25) is 4.79 Å². The van der Waals surface area contributed by atoms with Crippen molar-refractivity contribution >= 4 is 23.1 Å². The lowest BCUT2D eigenvalue weighted by Crippen LogP contribution is -2.19. The minimum absolute atomic E-state index is 0.0908. The maximum absolute atomic E-state index is 12.9. The van der Waals surface area contributed by atoms with Crippen LogP contribution in [0.25, 0.3) is 22.6 Å². The largest absolute Gasteiger partial charge is 0.508 e. The second-order valence-electron chi connectivity index (χ2n) is 7.31. The molecule has 1 amide bonds. The van der Waals surface area contributed by atoms with Crippen molar-refractivity contribution in [2.45, 2.75) is 0 Å². The van der Waals surface area contributed by atoms with E-state index in [1.807, 2.05) is 18.2 Å². The fraction of sp³-hybridized carbons (Fsp3) is 0. The molecule has 0 spiro atoms. The highest BCUT2D eigenvalue weighted by molar-refractivity contribution is 6.04. The summed E-state index contributed by atoms with van der Waals surface area (Å²) < 4.78 is 2.64. The lowest BCUT2D eigenvalue weighted by atomic mass is 10.1. The van der Waals surface area contributed by atoms with Gasteiger partial charge in [-0.25, -0.2) is 14.2 Å². The van der Waals surface area contributed by atoms with E-state index in [0.29, 0.717) is 28.2 Å². The van der Waals surface area contributed by atoms with Gasteiger partial charge in [-0.1, -0.05) is 30.3 Å². The molecule has 0 aliphatic rings. The number of carbonyl (C=O) groups excluding carboxylic acids is 1. The quantitative estimate of drug-likeness (QED) is 0.396. The number of nitrogens with zero attached hydrogens (tertiary/aromatic N) is 4. The molecule has 5 aromatic rings. The van der Waals surface area contributed by atoms with Gasteiger partial charge in [0.1, 0.15) is 5.75 Å². The molecular formula is C24H18N6O3. The van der Waals surface area contributed by atoms with Gasteiger partial charge < -0.3 is 16.2 Å². The number of benzene rings is 3. The molecule has 0 aliphatic heterocycles. The van der Waals surface area contributed by atoms with E-state index in [1.165, 1.54) is 33.3 Å². The zero-order valence-corrected chi connectivity index (χ0v) is 17.2. The van der Waals surface area contributed by atoms with Crippen LogP contribution in [0.2, 0.25) is 0 Å². The van der Waals surface area contributed by atoms with Crippen LogP contribution in [-0.2, 0) is 0 Å². The zero-order chi connectivity index (χ0) is 22.9. The average molecular weight is 438 g/mol. The highest BCUT2D eigenvalue weighted by Crippen LogP contribution is 2.22. The van der Waals surface area contributed by atoms with Crippen LogP contribution in [0.15, 0.2) is 89.9 Å². The lowest BCUT2D eigenvalue weighted by molar-refractivity contribution is 0.102. The SMILES string of the molecule is Nc1nc(-c2ccc(NC(=O)c3ccc(O)cc3)cc2)cn2c(=O)n(-c3ccccc3)nc12. The van der Waals surface area contributed by atoms with Gasteiger partial charge in [0, 0.05) is 23.0 Å². The third kappa shape index (κ3) is 3.79. The number of aromatic nitrogens is 4. The molecule has 0 fully saturated rings. The first kappa shape index (κ1) is 20.0. The van der Waals surface area contributed by atoms with Crippen molar-refractivity contribution in [1.82, 2.24) is 19.2 Å². The van der Waals surface area contributed by atoms with Crippen LogP contribution in [0.4, 0.5) is 11.5 Å². The first-order valence-electron chi connectivity index (χ1n) is 10.0. The number of phenols is 1. The molecule has 5 rings (SSSR count). The monoisotopic (exact) mass is 438 g/mol. The molecular weight excluding hydrogens is 420 g/mol. The van der Waals surface area contributed by atoms with Gasteiger partial charge in [0.25, 0.3) is 5.91 Å². The van der Waals surface area contributed by atoms with Crippen LogP contribution in [0, 0.1) is 0 Å². The van der Waals surface area contributed by atoms with Crippen molar-refractivity contribution in [1.29, 1.82) is 0 Å². The molecule has 0 saturated heterocycles. The number of phenolic OH excluding ortho intramolecular Hbond substituents is 1. The van der Waals surface area contributed by atoms with Crippen molar-refractivity contribution in [3.8, 4) is 22.7 Å². The van der Waals surface area contributed by atoms with Gasteiger partial charge in [0.15, 0.2) is 5.82 Å². The topological polar surface area (TPSA) is 128 Å². The number of para-hydroxylation sites is 1. The van der Waals surface area contributed by atoms with E-state index in [0.717, 1.165) is 0 Å². The van der Waals surface area contributed by atoms with Crippen LogP contribution < -0.4 is 16.7 Å². The Kier molecular flexibility index (Phi) is 4.83. The molecule has 162 valence electrons. The van der Waals surface area contributed by atoms with Crippen LogP contribution in [-0.4, -0.2) is 30.2 Å². The predicted octanol–water partition coefficient (Wildman–Crippen LogP) is 3.09. The minimum Gasteiger partial charge on any atom is -0.508 e. The highest BCUT2D eigenvalue weighted by Gasteiger charge is 2.14. The van der Waals surface area contributed by atoms with Gasteiger partial charge >= 0.3 is 5.69 Å². The third-order valence-corrected chi connectivity index (χ3v) is 5.10. The third-order valence-electron chi connectivity index (χ3n) is 5.10. The molecule has 9 heteroatoms. The van der Waals surface area contributed by atoms with Crippen molar-refractivity contribution in [2.75, 3.05) is 11.1 Å². The van der Waals surface area contributed by atoms with E-state index in [2.05, 4.69) is 15.4 Å². The number of aromatic hydroxyl groups is 1. The first-order chi connectivity index (χ1) is 16.0. The van der Waals surface area contributed by atoms with Crippen LogP contribution in [0.1, 0.15) is 10.4 Å². The standard InChI is InChI=1S/C24H18N6O3/c25-21-22-28-30(18-4-2-1-3-5-18)24(33)29(22)14-20(27-21)15-6-10-17(11-7-15)26-23(32)16-8-12-19(31)13-9-16/h1-14,31H,(H2,25,27)(H,26,32). The van der Waals surface area contributed by atoms with Crippen LogP contribution in [0.3, 0.4) is 0 Å². The number of carbonyl (C=O) groups is 1. The Morgan fingerprint density at radius 2 is 1.64 bits per heavy atom. The van der Waals surface area contributed by atoms with Crippen molar-refractivity contribution < 1.29 is 9.90 Å². The molecule has 2 aromatic heterocycles. The Bertz CT molecular complexity index is 1520. The number of anilines is 2. The highest BCUT2D eigenvalue weighted by atomic mass is 16.3. The number of amides is 1. The molecule has 2 heterocycles. The maximum atomic E-state index is 12.9. The number of fused-ring (bicyclic) bond motifs is 1. The molecule has 0 atom stereocenters. The van der Waals surface area contributed by atoms with Crippen LogP contribution >= 0.6 is 0 Å². The van der Waals surface area contributed by atoms with Gasteiger partial charge in [0.05, 0.1) is 11.4 Å². The first-order valence-corrected chi connectivity index (χ1v) is 10.0. The number of nitrogens with two attached hydrogens (primary N) is 1. The average Bonchev–Trinajstić information content (AvgIpc) is 3.17. The summed E-state index contributed by atoms with van der Waals surface area (Å²) in [6, 6.07) is 22.0. The second kappa shape index (κ2) is 7.97. The molecule has 0 saturated carbocycles. The number of hydrogen-bond acceptors (Lipinski definition) is 6. The molecule has 9 nitrogen and oxygen atoms in total. The number of rotatable bonds is 4. The Morgan fingerprint density at radius 3 is 2.33 bits per heavy atom. The van der Waals surface area contributed by atoms with E-state index in [-0.39, 0.29) is 28.8 Å². The molecule has 33 heavy (non-hydrogen) atoms. The van der Waals surface area contributed by atoms with Crippen LogP contribution in [0.5, 0.6) is 5.75 Å². The Hall–Kier alpha value is -4.92. The summed E-state index contributed by atoms with van der Waals surface area (Å²) in [4.78, 5) is 29.7. The maximum Gasteiger partial charge on any atom is 0.355 e. The van der Waals surface area contributed by atoms with E-state index >= 15 is 0 Å². The Labute approximate surface area is 187 Å². The Balaban J connectivity index is 1.44. The minimum atomic E-state index is -0.357. The predicted molar refractivity (Wildman–Crippen MR) is 124 cm³/mol. The van der Waals surface area contributed by atoms with Gasteiger partial charge in [-0.15, -0.1) is 5.10 Å². The summed E-state index contributed by atoms with van der Waals surface area (Å²) in [5.41, 5.74) is 8.85. The van der Waals surface area contributed by atoms with E-state index in [4.69, 9.17) is 5.73 Å². The molecule has 0 radical (unpaired) electrons. The summed E-state index contributed by atoms with van der Waals surface area (Å²) in [5, 5.41) is 16.5. The molecule has 0 bridgehead atoms. The summed E-state index contributed by atoms with van der Waals surface area (Å²) in [7, 11) is 0. The fourth-order valence-electron chi connectivity index (χ4n) is 3.42. The molecule has 4 N–H and O–H groups in total. The summed E-state index contributed by atoms with van der Waals surface area (Å²) in [6.45, 7) is 0. The van der Waals surface area contributed by atoms with Gasteiger partial charge in [0.2, 0.25) is 5.65 Å². The van der Waals surface area contributed by atoms with Crippen molar-refractivity contribution in [3.05, 3.63) is 101 Å². The van der Waals surface area contributed by atoms with E-state index in [1.54, 1.807) is 42.6 Å². The van der Waals surface area contributed by atoms with Crippen molar-refractivity contribution in [3.63, 3.8) is 0 Å². The Morgan fingerprint density at radius 1 is 0.939 bits per heavy atom. The summed E-state index contributed by atoms with van der Waals surface area (Å²) >= 11 is 0. The fourth-order valence-corrected chi connectivity index (χ4v) is 3.42. The van der Waals surface area contributed by atoms with Gasteiger partial charge in [-0.05, 0) is 48.5 Å². The smallest absolute Gasteiger partial charge is 0.355 e. The van der Waals surface area contributed by atoms with Crippen molar-refractivity contribution in [2.24, 2.45) is 0 Å². The zero-order valence-electron chi connectivity index (χ0n) is 17.2. The second-order valence-corrected chi connectivity index (χ2v) is 7.31. The number of nitrogen functional groups attached to an aromatic ring is 1. The lowest BCUT2D eigenvalue weighted by Gasteiger charge is -2.07. The number of nitrogens with one attached hydrogen (secondary N) is 1. The van der Waals surface area contributed by atoms with E-state index < -0.39 is 0 Å². The summed E-state index contributed by atoms with van der Waals surface area (Å²) in [6.07, 6.45) is 1.59. The summed E-state index contributed by atoms with van der Waals surface area (Å²) in [5.74, 6) is -0.0801. The normalized spacial score (nSPS) is 10.9.